The topological polar surface area (TPSA) is 3.24 Å². The summed E-state index contributed by atoms with van der Waals surface area (Å²) in [6.45, 7) is 14.2. The molecule has 0 amide bonds. The molecule has 0 radical (unpaired) electrons. The van der Waals surface area contributed by atoms with Crippen molar-refractivity contribution in [3.63, 3.8) is 0 Å². The summed E-state index contributed by atoms with van der Waals surface area (Å²) >= 11 is 0. The van der Waals surface area contributed by atoms with Gasteiger partial charge >= 0.3 is 0 Å². The number of hydrogen-bond acceptors (Lipinski definition) is 1. The van der Waals surface area contributed by atoms with Crippen LogP contribution in [0, 0.1) is 11.8 Å². The lowest BCUT2D eigenvalue weighted by atomic mass is 9.92. The fourth-order valence-corrected chi connectivity index (χ4v) is 1.62. The molecule has 1 nitrogen and oxygen atoms in total. The van der Waals surface area contributed by atoms with Gasteiger partial charge in [0.1, 0.15) is 0 Å². The van der Waals surface area contributed by atoms with E-state index >= 15 is 0 Å². The maximum atomic E-state index is 4.18. The molecule has 0 aliphatic rings. The summed E-state index contributed by atoms with van der Waals surface area (Å²) in [7, 11) is 2.13. The second-order valence-corrected chi connectivity index (χ2v) is 4.24. The van der Waals surface area contributed by atoms with Gasteiger partial charge in [0.15, 0.2) is 0 Å². The summed E-state index contributed by atoms with van der Waals surface area (Å²) in [5, 5.41) is 0. The average Bonchev–Trinajstić information content (AvgIpc) is 2.11. The van der Waals surface area contributed by atoms with Gasteiger partial charge in [0.25, 0.3) is 0 Å². The minimum Gasteiger partial charge on any atom is -0.378 e. The highest BCUT2D eigenvalue weighted by Crippen LogP contribution is 2.23. The highest BCUT2D eigenvalue weighted by atomic mass is 15.1. The molecule has 0 saturated carbocycles. The molecule has 0 aliphatic heterocycles. The van der Waals surface area contributed by atoms with Crippen LogP contribution < -0.4 is 0 Å². The van der Waals surface area contributed by atoms with Crippen molar-refractivity contribution in [1.82, 2.24) is 4.90 Å². The van der Waals surface area contributed by atoms with Crippen LogP contribution in [0.2, 0.25) is 0 Å². The van der Waals surface area contributed by atoms with Gasteiger partial charge in [0, 0.05) is 19.3 Å². The lowest BCUT2D eigenvalue weighted by molar-refractivity contribution is 0.333. The summed E-state index contributed by atoms with van der Waals surface area (Å²) in [5.41, 5.74) is 1.30. The molecule has 1 heteroatoms. The Kier molecular flexibility index (Phi) is 5.85. The Balaban J connectivity index is 4.14. The predicted octanol–water partition coefficient (Wildman–Crippen LogP) is 3.52. The van der Waals surface area contributed by atoms with E-state index in [1.807, 2.05) is 0 Å². The Morgan fingerprint density at radius 2 is 1.85 bits per heavy atom. The van der Waals surface area contributed by atoms with Crippen LogP contribution in [0.25, 0.3) is 0 Å². The van der Waals surface area contributed by atoms with Gasteiger partial charge in [-0.1, -0.05) is 27.4 Å². The monoisotopic (exact) mass is 183 g/mol. The van der Waals surface area contributed by atoms with Crippen LogP contribution in [0.5, 0.6) is 0 Å². The quantitative estimate of drug-likeness (QED) is 0.609. The smallest absolute Gasteiger partial charge is 0.0143 e. The zero-order valence-electron chi connectivity index (χ0n) is 9.93. The normalized spacial score (nSPS) is 13.1. The van der Waals surface area contributed by atoms with Crippen LogP contribution in [-0.4, -0.2) is 18.5 Å². The predicted molar refractivity (Wildman–Crippen MR) is 60.7 cm³/mol. The molecule has 0 aliphatic carbocycles. The van der Waals surface area contributed by atoms with Crippen molar-refractivity contribution in [3.8, 4) is 0 Å². The van der Waals surface area contributed by atoms with E-state index in [9.17, 15) is 0 Å². The van der Waals surface area contributed by atoms with Gasteiger partial charge in [0.05, 0.1) is 0 Å². The van der Waals surface area contributed by atoms with E-state index in [4.69, 9.17) is 0 Å². The lowest BCUT2D eigenvalue weighted by Crippen LogP contribution is -2.23. The number of rotatable bonds is 6. The van der Waals surface area contributed by atoms with E-state index < -0.39 is 0 Å². The van der Waals surface area contributed by atoms with Crippen LogP contribution in [0.3, 0.4) is 0 Å². The van der Waals surface area contributed by atoms with Crippen molar-refractivity contribution >= 4 is 0 Å². The standard InChI is InChI=1S/C12H25N/c1-7-12(9-10(3)4)11(5)13(6)8-2/h10,12H,5,7-9H2,1-4,6H3. The second-order valence-electron chi connectivity index (χ2n) is 4.24. The van der Waals surface area contributed by atoms with Gasteiger partial charge in [-0.3, -0.25) is 0 Å². The molecule has 0 aromatic heterocycles. The molecule has 0 aromatic carbocycles. The minimum absolute atomic E-state index is 0.671. The molecular weight excluding hydrogens is 158 g/mol. The van der Waals surface area contributed by atoms with Gasteiger partial charge in [-0.25, -0.2) is 0 Å². The molecule has 0 bridgehead atoms. The lowest BCUT2D eigenvalue weighted by Gasteiger charge is -2.27. The van der Waals surface area contributed by atoms with Crippen molar-refractivity contribution in [2.75, 3.05) is 13.6 Å². The molecule has 0 saturated heterocycles. The summed E-state index contributed by atoms with van der Waals surface area (Å²) in [6.07, 6.45) is 2.47. The van der Waals surface area contributed by atoms with Crippen molar-refractivity contribution in [2.24, 2.45) is 11.8 Å². The van der Waals surface area contributed by atoms with Gasteiger partial charge in [0.2, 0.25) is 0 Å². The summed E-state index contributed by atoms with van der Waals surface area (Å²) < 4.78 is 0. The van der Waals surface area contributed by atoms with E-state index in [0.29, 0.717) is 5.92 Å². The van der Waals surface area contributed by atoms with E-state index in [-0.39, 0.29) is 0 Å². The Morgan fingerprint density at radius 1 is 1.31 bits per heavy atom. The molecule has 13 heavy (non-hydrogen) atoms. The molecule has 1 atom stereocenters. The molecule has 0 N–H and O–H groups in total. The number of nitrogens with zero attached hydrogens (tertiary/aromatic N) is 1. The fourth-order valence-electron chi connectivity index (χ4n) is 1.62. The van der Waals surface area contributed by atoms with Crippen LogP contribution in [0.1, 0.15) is 40.5 Å². The van der Waals surface area contributed by atoms with Crippen LogP contribution in [0.15, 0.2) is 12.3 Å². The van der Waals surface area contributed by atoms with E-state index in [1.165, 1.54) is 18.5 Å². The Morgan fingerprint density at radius 3 is 2.15 bits per heavy atom. The van der Waals surface area contributed by atoms with E-state index in [1.54, 1.807) is 0 Å². The van der Waals surface area contributed by atoms with E-state index in [0.717, 1.165) is 12.5 Å². The first-order valence-corrected chi connectivity index (χ1v) is 5.42. The Bertz CT molecular complexity index is 149. The van der Waals surface area contributed by atoms with Gasteiger partial charge < -0.3 is 4.90 Å². The molecule has 0 spiro atoms. The third kappa shape index (κ3) is 4.35. The summed E-state index contributed by atoms with van der Waals surface area (Å²) in [6, 6.07) is 0. The van der Waals surface area contributed by atoms with Crippen molar-refractivity contribution in [2.45, 2.75) is 40.5 Å². The highest BCUT2D eigenvalue weighted by molar-refractivity contribution is 4.98. The summed E-state index contributed by atoms with van der Waals surface area (Å²) in [5.74, 6) is 1.44. The first-order chi connectivity index (χ1) is 6.02. The molecule has 0 aromatic rings. The van der Waals surface area contributed by atoms with Gasteiger partial charge in [-0.15, -0.1) is 0 Å². The van der Waals surface area contributed by atoms with Crippen molar-refractivity contribution in [1.29, 1.82) is 0 Å². The van der Waals surface area contributed by atoms with Gasteiger partial charge in [-0.2, -0.15) is 0 Å². The third-order valence-electron chi connectivity index (χ3n) is 2.68. The molecular formula is C12H25N. The van der Waals surface area contributed by atoms with Crippen molar-refractivity contribution in [3.05, 3.63) is 12.3 Å². The van der Waals surface area contributed by atoms with Gasteiger partial charge in [-0.05, 0) is 31.6 Å². The first-order valence-electron chi connectivity index (χ1n) is 5.42. The third-order valence-corrected chi connectivity index (χ3v) is 2.68. The zero-order chi connectivity index (χ0) is 10.4. The number of hydrogen-bond donors (Lipinski definition) is 0. The fraction of sp³-hybridized carbons (Fsp3) is 0.833. The summed E-state index contributed by atoms with van der Waals surface area (Å²) in [4.78, 5) is 2.26. The maximum absolute atomic E-state index is 4.18. The largest absolute Gasteiger partial charge is 0.378 e. The molecule has 1 unspecified atom stereocenters. The molecule has 0 heterocycles. The van der Waals surface area contributed by atoms with Crippen molar-refractivity contribution < 1.29 is 0 Å². The SMILES string of the molecule is C=C(C(CC)CC(C)C)N(C)CC. The van der Waals surface area contributed by atoms with Crippen LogP contribution in [0.4, 0.5) is 0 Å². The average molecular weight is 183 g/mol. The second kappa shape index (κ2) is 6.06. The highest BCUT2D eigenvalue weighted by Gasteiger charge is 2.14. The molecule has 78 valence electrons. The van der Waals surface area contributed by atoms with Crippen LogP contribution >= 0.6 is 0 Å². The van der Waals surface area contributed by atoms with E-state index in [2.05, 4.69) is 46.2 Å². The maximum Gasteiger partial charge on any atom is 0.0143 e. The van der Waals surface area contributed by atoms with Crippen LogP contribution in [-0.2, 0) is 0 Å². The number of allylic oxidation sites excluding steroid dienone is 1. The Labute approximate surface area is 83.8 Å². The molecule has 0 rings (SSSR count). The first kappa shape index (κ1) is 12.5. The zero-order valence-corrected chi connectivity index (χ0v) is 9.93. The molecule has 0 fully saturated rings. The Hall–Kier alpha value is -0.460. The minimum atomic E-state index is 0.671.